The molecule has 0 aromatic heterocycles. The van der Waals surface area contributed by atoms with Gasteiger partial charge in [0.25, 0.3) is 0 Å². The van der Waals surface area contributed by atoms with Crippen molar-refractivity contribution in [1.82, 2.24) is 0 Å². The van der Waals surface area contributed by atoms with Gasteiger partial charge in [0.05, 0.1) is 0 Å². The lowest BCUT2D eigenvalue weighted by Crippen LogP contribution is -2.81. The predicted molar refractivity (Wildman–Crippen MR) is 42.8 cm³/mol. The molecule has 0 rings (SSSR count). The van der Waals surface area contributed by atoms with Crippen molar-refractivity contribution in [2.75, 3.05) is 5.75 Å². The van der Waals surface area contributed by atoms with Gasteiger partial charge in [0.1, 0.15) is 0 Å². The summed E-state index contributed by atoms with van der Waals surface area (Å²) in [7, 11) is 0. The number of hydrazone groups is 1. The number of hydrogen-bond acceptors (Lipinski definition) is 2. The minimum Gasteiger partial charge on any atom is -0.280 e. The minimum absolute atomic E-state index is 0. The number of rotatable bonds is 1. The Morgan fingerprint density at radius 3 is 2.38 bits per heavy atom. The number of hydrazine groups is 1. The van der Waals surface area contributed by atoms with Gasteiger partial charge in [0.15, 0.2) is 0 Å². The summed E-state index contributed by atoms with van der Waals surface area (Å²) >= 11 is 1.49. The standard InChI is InChI=1S/C3H9N3S.BrH/c1-2-7-3(4)6-5;/h2,5H2,1H3,(H2,4,6);1H/p+1. The van der Waals surface area contributed by atoms with Crippen LogP contribution in [0, 0.1) is 0 Å². The quantitative estimate of drug-likeness (QED) is 0.211. The maximum Gasteiger partial charge on any atom is 0.324 e. The van der Waals surface area contributed by atoms with Gasteiger partial charge in [-0.1, -0.05) is 6.92 Å². The molecule has 0 amide bonds. The van der Waals surface area contributed by atoms with Crippen molar-refractivity contribution in [3.63, 3.8) is 0 Å². The summed E-state index contributed by atoms with van der Waals surface area (Å²) in [5.74, 6) is 5.88. The highest BCUT2D eigenvalue weighted by molar-refractivity contribution is 8.93. The lowest BCUT2D eigenvalue weighted by molar-refractivity contribution is -0.467. The van der Waals surface area contributed by atoms with Gasteiger partial charge >= 0.3 is 5.17 Å². The van der Waals surface area contributed by atoms with E-state index in [0.717, 1.165) is 5.75 Å². The van der Waals surface area contributed by atoms with E-state index in [9.17, 15) is 0 Å². The van der Waals surface area contributed by atoms with Crippen LogP contribution in [0.5, 0.6) is 0 Å². The van der Waals surface area contributed by atoms with E-state index in [0.29, 0.717) is 5.17 Å². The Morgan fingerprint density at radius 2 is 2.25 bits per heavy atom. The number of nitrogens with one attached hydrogen (secondary N) is 1. The smallest absolute Gasteiger partial charge is 0.280 e. The fraction of sp³-hybridized carbons (Fsp3) is 0.667. The average molecular weight is 201 g/mol. The van der Waals surface area contributed by atoms with Gasteiger partial charge in [-0.2, -0.15) is 5.10 Å². The van der Waals surface area contributed by atoms with Crippen LogP contribution in [-0.4, -0.2) is 10.9 Å². The zero-order chi connectivity index (χ0) is 5.70. The van der Waals surface area contributed by atoms with E-state index in [1.807, 2.05) is 6.92 Å². The molecule has 0 spiro atoms. The van der Waals surface area contributed by atoms with Crippen LogP contribution in [0.15, 0.2) is 0 Å². The summed E-state index contributed by atoms with van der Waals surface area (Å²) in [6.45, 7) is 2.01. The number of hydrogen-bond donors (Lipinski definition) is 3. The summed E-state index contributed by atoms with van der Waals surface area (Å²) in [6, 6.07) is 0. The highest BCUT2D eigenvalue weighted by atomic mass is 79.9. The van der Waals surface area contributed by atoms with Crippen molar-refractivity contribution in [1.29, 1.82) is 0 Å². The molecule has 0 aromatic rings. The van der Waals surface area contributed by atoms with E-state index in [1.54, 1.807) is 0 Å². The van der Waals surface area contributed by atoms with E-state index >= 15 is 0 Å². The second kappa shape index (κ2) is 7.10. The molecule has 50 valence electrons. The fourth-order valence-electron chi connectivity index (χ4n) is 0.197. The number of thioether (sulfide) groups is 1. The summed E-state index contributed by atoms with van der Waals surface area (Å²) < 4.78 is 0. The van der Waals surface area contributed by atoms with Gasteiger partial charge in [0.2, 0.25) is 0 Å². The molecule has 0 unspecified atom stereocenters. The van der Waals surface area contributed by atoms with Crippen LogP contribution in [0.2, 0.25) is 0 Å². The molecule has 0 fully saturated rings. The monoisotopic (exact) mass is 200 g/mol. The molecule has 0 aliphatic rings. The molecule has 0 bridgehead atoms. The SMILES string of the molecule is Br.CCSC(N)=[NH+]N. The first-order chi connectivity index (χ1) is 3.31. The van der Waals surface area contributed by atoms with Gasteiger partial charge in [-0.3, -0.25) is 11.6 Å². The van der Waals surface area contributed by atoms with E-state index in [-0.39, 0.29) is 17.0 Å². The lowest BCUT2D eigenvalue weighted by Gasteiger charge is -1.82. The Balaban J connectivity index is 0. The maximum atomic E-state index is 5.23. The molecule has 5 N–H and O–H groups in total. The van der Waals surface area contributed by atoms with Crippen molar-refractivity contribution >= 4 is 33.9 Å². The Labute approximate surface area is 63.7 Å². The Bertz CT molecular complexity index is 74.9. The first-order valence-electron chi connectivity index (χ1n) is 2.03. The van der Waals surface area contributed by atoms with Gasteiger partial charge < -0.3 is 0 Å². The third-order valence-electron chi connectivity index (χ3n) is 0.442. The number of nitrogens with two attached hydrogens (primary N) is 2. The molecule has 0 saturated carbocycles. The average Bonchev–Trinajstić information content (AvgIpc) is 1.68. The van der Waals surface area contributed by atoms with Crippen LogP contribution in [0.1, 0.15) is 6.92 Å². The Kier molecular flexibility index (Phi) is 9.74. The third-order valence-corrected chi connectivity index (χ3v) is 1.16. The van der Waals surface area contributed by atoms with Crippen molar-refractivity contribution in [2.45, 2.75) is 6.92 Å². The lowest BCUT2D eigenvalue weighted by atomic mass is 11.0. The summed E-state index contributed by atoms with van der Waals surface area (Å²) in [5, 5.41) is 2.90. The molecule has 0 heterocycles. The number of halogens is 1. The molecule has 5 heteroatoms. The molecule has 8 heavy (non-hydrogen) atoms. The largest absolute Gasteiger partial charge is 0.324 e. The molecule has 0 saturated heterocycles. The normalized spacial score (nSPS) is 10.4. The second-order valence-corrected chi connectivity index (χ2v) is 2.25. The van der Waals surface area contributed by atoms with Gasteiger partial charge in [0, 0.05) is 5.75 Å². The van der Waals surface area contributed by atoms with Gasteiger partial charge in [-0.15, -0.1) is 17.0 Å². The molecule has 0 atom stereocenters. The van der Waals surface area contributed by atoms with Crippen LogP contribution in [-0.2, 0) is 0 Å². The fourth-order valence-corrected chi connectivity index (χ4v) is 0.592. The van der Waals surface area contributed by atoms with Crippen LogP contribution < -0.4 is 16.7 Å². The summed E-state index contributed by atoms with van der Waals surface area (Å²) in [6.07, 6.45) is 0. The molecule has 0 radical (unpaired) electrons. The molecule has 0 aliphatic heterocycles. The van der Waals surface area contributed by atoms with Crippen molar-refractivity contribution in [3.05, 3.63) is 0 Å². The van der Waals surface area contributed by atoms with E-state index in [2.05, 4.69) is 5.10 Å². The zero-order valence-electron chi connectivity index (χ0n) is 4.68. The van der Waals surface area contributed by atoms with Crippen molar-refractivity contribution in [2.24, 2.45) is 11.6 Å². The summed E-state index contributed by atoms with van der Waals surface area (Å²) in [5.41, 5.74) is 5.23. The van der Waals surface area contributed by atoms with Crippen molar-refractivity contribution in [3.8, 4) is 0 Å². The zero-order valence-corrected chi connectivity index (χ0v) is 7.21. The van der Waals surface area contributed by atoms with Crippen LogP contribution in [0.3, 0.4) is 0 Å². The van der Waals surface area contributed by atoms with Gasteiger partial charge in [-0.25, -0.2) is 0 Å². The van der Waals surface area contributed by atoms with Crippen molar-refractivity contribution < 1.29 is 5.10 Å². The van der Waals surface area contributed by atoms with Crippen LogP contribution in [0.25, 0.3) is 0 Å². The van der Waals surface area contributed by atoms with E-state index in [1.165, 1.54) is 11.8 Å². The second-order valence-electron chi connectivity index (χ2n) is 0.942. The highest BCUT2D eigenvalue weighted by Gasteiger charge is 1.91. The van der Waals surface area contributed by atoms with E-state index < -0.39 is 0 Å². The Hall–Kier alpha value is 0.1000. The first kappa shape index (κ1) is 11.0. The molecular formula is C3H11BrN3S+. The highest BCUT2D eigenvalue weighted by Crippen LogP contribution is 1.90. The predicted octanol–water partition coefficient (Wildman–Crippen LogP) is -1.41. The van der Waals surface area contributed by atoms with Crippen LogP contribution >= 0.6 is 28.7 Å². The molecule has 0 aliphatic carbocycles. The maximum absolute atomic E-state index is 5.23. The minimum atomic E-state index is 0. The molecule has 0 aromatic carbocycles. The summed E-state index contributed by atoms with van der Waals surface area (Å²) in [4.78, 5) is 0. The Morgan fingerprint density at radius 1 is 1.75 bits per heavy atom. The van der Waals surface area contributed by atoms with Crippen LogP contribution in [0.4, 0.5) is 0 Å². The van der Waals surface area contributed by atoms with E-state index in [4.69, 9.17) is 11.6 Å². The molecular weight excluding hydrogens is 190 g/mol. The topological polar surface area (TPSA) is 66.0 Å². The van der Waals surface area contributed by atoms with Gasteiger partial charge in [-0.05, 0) is 11.8 Å². The number of amidine groups is 1. The third kappa shape index (κ3) is 6.10. The first-order valence-corrected chi connectivity index (χ1v) is 3.01. The molecule has 3 nitrogen and oxygen atoms in total.